The normalized spacial score (nSPS) is 21.8. The fourth-order valence-corrected chi connectivity index (χ4v) is 5.21. The first-order valence-electron chi connectivity index (χ1n) is 10.4. The molecule has 0 aromatic heterocycles. The first-order valence-corrected chi connectivity index (χ1v) is 11.9. The second-order valence-corrected chi connectivity index (χ2v) is 9.64. The van der Waals surface area contributed by atoms with Gasteiger partial charge in [0.2, 0.25) is 10.0 Å². The van der Waals surface area contributed by atoms with Crippen molar-refractivity contribution in [3.63, 3.8) is 0 Å². The van der Waals surface area contributed by atoms with Gasteiger partial charge in [-0.05, 0) is 47.7 Å². The van der Waals surface area contributed by atoms with Gasteiger partial charge in [-0.3, -0.25) is 0 Å². The minimum absolute atomic E-state index is 0.0554. The zero-order valence-electron chi connectivity index (χ0n) is 16.9. The molecule has 3 unspecified atom stereocenters. The predicted molar refractivity (Wildman–Crippen MR) is 121 cm³/mol. The first-order chi connectivity index (χ1) is 15.0. The van der Waals surface area contributed by atoms with Crippen molar-refractivity contribution in [1.82, 2.24) is 0 Å². The molecular weight excluding hydrogens is 408 g/mol. The number of allylic oxidation sites excluding steroid dienone is 2. The van der Waals surface area contributed by atoms with E-state index in [1.54, 1.807) is 12.1 Å². The van der Waals surface area contributed by atoms with E-state index in [0.29, 0.717) is 6.61 Å². The van der Waals surface area contributed by atoms with Crippen LogP contribution < -0.4 is 15.2 Å². The Balaban J connectivity index is 1.48. The minimum Gasteiger partial charge on any atom is -0.489 e. The molecule has 158 valence electrons. The van der Waals surface area contributed by atoms with Gasteiger partial charge in [-0.2, -0.15) is 0 Å². The average molecular weight is 433 g/mol. The number of hydrogen-bond donors (Lipinski definition) is 2. The van der Waals surface area contributed by atoms with E-state index in [2.05, 4.69) is 35.7 Å². The highest BCUT2D eigenvalue weighted by molar-refractivity contribution is 7.89. The van der Waals surface area contributed by atoms with Crippen molar-refractivity contribution in [3.8, 4) is 5.75 Å². The van der Waals surface area contributed by atoms with Gasteiger partial charge in [-0.1, -0.05) is 60.7 Å². The van der Waals surface area contributed by atoms with Crippen molar-refractivity contribution in [2.45, 2.75) is 29.9 Å². The molecule has 1 aliphatic carbocycles. The van der Waals surface area contributed by atoms with E-state index in [1.165, 1.54) is 0 Å². The summed E-state index contributed by atoms with van der Waals surface area (Å²) >= 11 is 0. The van der Waals surface area contributed by atoms with E-state index >= 15 is 0 Å². The Kier molecular flexibility index (Phi) is 5.04. The molecule has 5 nitrogen and oxygen atoms in total. The second-order valence-electron chi connectivity index (χ2n) is 8.08. The SMILES string of the molecule is NS(=O)(=O)c1ccc2c(c1)C1C=CCC1C(c1ccccc1OCc1ccccc1)N2. The van der Waals surface area contributed by atoms with Crippen LogP contribution in [0.4, 0.5) is 5.69 Å². The molecule has 3 atom stereocenters. The molecule has 0 saturated heterocycles. The maximum absolute atomic E-state index is 11.9. The number of fused-ring (bicyclic) bond motifs is 3. The second kappa shape index (κ2) is 7.87. The molecule has 0 amide bonds. The van der Waals surface area contributed by atoms with Crippen LogP contribution in [0.25, 0.3) is 0 Å². The Bertz CT molecular complexity index is 1240. The number of ether oxygens (including phenoxy) is 1. The molecule has 31 heavy (non-hydrogen) atoms. The molecule has 0 saturated carbocycles. The third-order valence-electron chi connectivity index (χ3n) is 6.15. The number of nitrogens with two attached hydrogens (primary N) is 1. The third-order valence-corrected chi connectivity index (χ3v) is 7.07. The van der Waals surface area contributed by atoms with Crippen LogP contribution in [0.3, 0.4) is 0 Å². The van der Waals surface area contributed by atoms with Crippen LogP contribution in [0, 0.1) is 5.92 Å². The predicted octanol–water partition coefficient (Wildman–Crippen LogP) is 4.74. The highest BCUT2D eigenvalue weighted by atomic mass is 32.2. The number of hydrogen-bond acceptors (Lipinski definition) is 4. The molecule has 1 heterocycles. The molecule has 1 aliphatic heterocycles. The third kappa shape index (κ3) is 3.84. The minimum atomic E-state index is -3.74. The monoisotopic (exact) mass is 432 g/mol. The largest absolute Gasteiger partial charge is 0.489 e. The Morgan fingerprint density at radius 1 is 0.968 bits per heavy atom. The lowest BCUT2D eigenvalue weighted by Gasteiger charge is -2.38. The summed E-state index contributed by atoms with van der Waals surface area (Å²) in [5, 5.41) is 9.01. The Labute approximate surface area is 182 Å². The highest BCUT2D eigenvalue weighted by Gasteiger charge is 2.39. The van der Waals surface area contributed by atoms with Crippen LogP contribution in [0.5, 0.6) is 5.75 Å². The number of benzene rings is 3. The van der Waals surface area contributed by atoms with Gasteiger partial charge in [-0.25, -0.2) is 13.6 Å². The van der Waals surface area contributed by atoms with E-state index in [4.69, 9.17) is 9.88 Å². The standard InChI is InChI=1S/C25H24N2O3S/c26-31(28,29)18-13-14-23-22(15-18)19-10-6-11-20(19)25(27-23)21-9-4-5-12-24(21)30-16-17-7-2-1-3-8-17/h1-10,12-15,19-20,25,27H,11,16H2,(H2,26,28,29). The van der Waals surface area contributed by atoms with Gasteiger partial charge in [-0.15, -0.1) is 0 Å². The fourth-order valence-electron chi connectivity index (χ4n) is 4.66. The molecular formula is C25H24N2O3S. The van der Waals surface area contributed by atoms with Crippen molar-refractivity contribution < 1.29 is 13.2 Å². The highest BCUT2D eigenvalue weighted by Crippen LogP contribution is 2.51. The van der Waals surface area contributed by atoms with Gasteiger partial charge < -0.3 is 10.1 Å². The van der Waals surface area contributed by atoms with Crippen LogP contribution in [-0.4, -0.2) is 8.42 Å². The number of nitrogens with one attached hydrogen (secondary N) is 1. The molecule has 6 heteroatoms. The Hall–Kier alpha value is -3.09. The van der Waals surface area contributed by atoms with Gasteiger partial charge in [0, 0.05) is 17.2 Å². The van der Waals surface area contributed by atoms with Crippen molar-refractivity contribution >= 4 is 15.7 Å². The Morgan fingerprint density at radius 3 is 2.55 bits per heavy atom. The summed E-state index contributed by atoms with van der Waals surface area (Å²) in [6, 6.07) is 23.4. The lowest BCUT2D eigenvalue weighted by atomic mass is 9.77. The zero-order valence-corrected chi connectivity index (χ0v) is 17.8. The van der Waals surface area contributed by atoms with Gasteiger partial charge >= 0.3 is 0 Å². The Morgan fingerprint density at radius 2 is 1.74 bits per heavy atom. The van der Waals surface area contributed by atoms with Crippen molar-refractivity contribution in [1.29, 1.82) is 0 Å². The summed E-state index contributed by atoms with van der Waals surface area (Å²) in [6.07, 6.45) is 5.27. The molecule has 3 aromatic carbocycles. The van der Waals surface area contributed by atoms with E-state index in [0.717, 1.165) is 34.5 Å². The summed E-state index contributed by atoms with van der Waals surface area (Å²) in [7, 11) is -3.74. The number of sulfonamides is 1. The summed E-state index contributed by atoms with van der Waals surface area (Å²) in [6.45, 7) is 0.505. The zero-order chi connectivity index (χ0) is 21.4. The molecule has 3 aromatic rings. The number of rotatable bonds is 5. The van der Waals surface area contributed by atoms with Crippen molar-refractivity contribution in [2.75, 3.05) is 5.32 Å². The summed E-state index contributed by atoms with van der Waals surface area (Å²) in [4.78, 5) is 0.150. The van der Waals surface area contributed by atoms with E-state index < -0.39 is 10.0 Å². The molecule has 0 spiro atoms. The molecule has 0 fully saturated rings. The van der Waals surface area contributed by atoms with Gasteiger partial charge in [0.05, 0.1) is 10.9 Å². The molecule has 0 bridgehead atoms. The summed E-state index contributed by atoms with van der Waals surface area (Å²) in [5.41, 5.74) is 4.14. The summed E-state index contributed by atoms with van der Waals surface area (Å²) in [5.74, 6) is 1.26. The number of para-hydroxylation sites is 1. The molecule has 3 N–H and O–H groups in total. The topological polar surface area (TPSA) is 81.4 Å². The van der Waals surface area contributed by atoms with Gasteiger partial charge in [0.25, 0.3) is 0 Å². The quantitative estimate of drug-likeness (QED) is 0.571. The van der Waals surface area contributed by atoms with Crippen LogP contribution in [0.15, 0.2) is 89.8 Å². The maximum atomic E-state index is 11.9. The van der Waals surface area contributed by atoms with Crippen molar-refractivity contribution in [3.05, 3.63) is 102 Å². The van der Waals surface area contributed by atoms with E-state index in [9.17, 15) is 8.42 Å². The fraction of sp³-hybridized carbons (Fsp3) is 0.200. The number of primary sulfonamides is 1. The average Bonchev–Trinajstić information content (AvgIpc) is 3.27. The van der Waals surface area contributed by atoms with Crippen LogP contribution >= 0.6 is 0 Å². The van der Waals surface area contributed by atoms with Crippen LogP contribution in [0.2, 0.25) is 0 Å². The van der Waals surface area contributed by atoms with E-state index in [1.807, 2.05) is 42.5 Å². The lowest BCUT2D eigenvalue weighted by Crippen LogP contribution is -2.29. The number of anilines is 1. The molecule has 2 aliphatic rings. The lowest BCUT2D eigenvalue weighted by molar-refractivity contribution is 0.296. The summed E-state index contributed by atoms with van der Waals surface area (Å²) < 4.78 is 29.9. The van der Waals surface area contributed by atoms with Crippen LogP contribution in [0.1, 0.15) is 35.1 Å². The molecule has 0 radical (unpaired) electrons. The molecule has 5 rings (SSSR count). The van der Waals surface area contributed by atoms with Gasteiger partial charge in [0.1, 0.15) is 12.4 Å². The maximum Gasteiger partial charge on any atom is 0.238 e. The van der Waals surface area contributed by atoms with Crippen LogP contribution in [-0.2, 0) is 16.6 Å². The first kappa shape index (κ1) is 19.8. The smallest absolute Gasteiger partial charge is 0.238 e. The van der Waals surface area contributed by atoms with Crippen molar-refractivity contribution in [2.24, 2.45) is 11.1 Å². The van der Waals surface area contributed by atoms with Gasteiger partial charge in [0.15, 0.2) is 0 Å². The van der Waals surface area contributed by atoms with E-state index in [-0.39, 0.29) is 22.8 Å².